The maximum absolute atomic E-state index is 13.0. The minimum Gasteiger partial charge on any atom is -0.465 e. The predicted octanol–water partition coefficient (Wildman–Crippen LogP) is 3.82. The zero-order valence-corrected chi connectivity index (χ0v) is 18.8. The van der Waals surface area contributed by atoms with E-state index in [-0.39, 0.29) is 11.9 Å². The smallest absolute Gasteiger partial charge is 0.341 e. The molecule has 0 aliphatic rings. The first-order valence-electron chi connectivity index (χ1n) is 9.19. The number of hydrogen-bond acceptors (Lipinski definition) is 8. The van der Waals surface area contributed by atoms with Crippen LogP contribution in [0.4, 0.5) is 10.9 Å². The number of carbonyl (C=O) groups excluding carboxylic acids is 2. The van der Waals surface area contributed by atoms with Crippen molar-refractivity contribution in [3.05, 3.63) is 51.9 Å². The fraction of sp³-hybridized carbons (Fsp3) is 0.300. The molecule has 8 nitrogen and oxygen atoms in total. The summed E-state index contributed by atoms with van der Waals surface area (Å²) in [4.78, 5) is 26.1. The van der Waals surface area contributed by atoms with Crippen LogP contribution in [0.5, 0.6) is 0 Å². The second-order valence-corrected chi connectivity index (χ2v) is 8.80. The van der Waals surface area contributed by atoms with Crippen LogP contribution >= 0.6 is 23.1 Å². The topological polar surface area (TPSA) is 112 Å². The number of aromatic nitrogens is 3. The van der Waals surface area contributed by atoms with E-state index in [0.29, 0.717) is 21.5 Å². The first-order chi connectivity index (χ1) is 14.3. The quantitative estimate of drug-likeness (QED) is 0.420. The number of ether oxygens (including phenoxy) is 1. The average Bonchev–Trinajstić information content (AvgIpc) is 3.24. The number of esters is 1. The second-order valence-electron chi connectivity index (χ2n) is 6.63. The van der Waals surface area contributed by atoms with E-state index in [1.807, 2.05) is 44.2 Å². The molecule has 0 radical (unpaired) electrons. The molecule has 0 saturated heterocycles. The molecular formula is C20H23N5O3S2. The Labute approximate surface area is 182 Å². The molecule has 1 unspecified atom stereocenters. The molecule has 0 saturated carbocycles. The fourth-order valence-corrected chi connectivity index (χ4v) is 4.90. The van der Waals surface area contributed by atoms with Crippen LogP contribution in [0, 0.1) is 13.8 Å². The number of nitrogens with two attached hydrogens (primary N) is 1. The molecule has 1 aromatic carbocycles. The van der Waals surface area contributed by atoms with Crippen molar-refractivity contribution in [3.63, 3.8) is 0 Å². The van der Waals surface area contributed by atoms with Crippen molar-refractivity contribution in [2.75, 3.05) is 18.2 Å². The molecule has 0 aliphatic heterocycles. The third kappa shape index (κ3) is 4.49. The normalized spacial score (nSPS) is 11.9. The average molecular weight is 446 g/mol. The lowest BCUT2D eigenvalue weighted by molar-refractivity contribution is -0.118. The lowest BCUT2D eigenvalue weighted by Crippen LogP contribution is -2.25. The van der Waals surface area contributed by atoms with Gasteiger partial charge in [-0.2, -0.15) is 0 Å². The number of carbonyl (C=O) groups is 2. The Kier molecular flexibility index (Phi) is 6.78. The molecule has 158 valence electrons. The number of thioether (sulfide) groups is 1. The highest BCUT2D eigenvalue weighted by molar-refractivity contribution is 7.98. The SMILES string of the molecule is COC(=O)c1c(NC(=O)C(C)n2c(N)nnc2SCc2ccccc2)sc(C)c1C. The van der Waals surface area contributed by atoms with Crippen molar-refractivity contribution in [1.82, 2.24) is 14.8 Å². The van der Waals surface area contributed by atoms with E-state index in [9.17, 15) is 9.59 Å². The molecule has 3 rings (SSSR count). The van der Waals surface area contributed by atoms with Gasteiger partial charge in [0.1, 0.15) is 11.0 Å². The second kappa shape index (κ2) is 9.31. The van der Waals surface area contributed by atoms with Crippen LogP contribution in [0.2, 0.25) is 0 Å². The highest BCUT2D eigenvalue weighted by Gasteiger charge is 2.26. The zero-order valence-electron chi connectivity index (χ0n) is 17.1. The van der Waals surface area contributed by atoms with Crippen molar-refractivity contribution in [2.45, 2.75) is 37.7 Å². The largest absolute Gasteiger partial charge is 0.465 e. The summed E-state index contributed by atoms with van der Waals surface area (Å²) in [6.45, 7) is 5.43. The monoisotopic (exact) mass is 445 g/mol. The molecular weight excluding hydrogens is 422 g/mol. The van der Waals surface area contributed by atoms with Gasteiger partial charge < -0.3 is 15.8 Å². The number of rotatable bonds is 7. The zero-order chi connectivity index (χ0) is 21.8. The Bertz CT molecular complexity index is 1060. The van der Waals surface area contributed by atoms with E-state index in [1.54, 1.807) is 11.5 Å². The number of amides is 1. The fourth-order valence-electron chi connectivity index (χ4n) is 2.87. The van der Waals surface area contributed by atoms with Crippen molar-refractivity contribution in [3.8, 4) is 0 Å². The van der Waals surface area contributed by atoms with Crippen LogP contribution in [0.15, 0.2) is 35.5 Å². The van der Waals surface area contributed by atoms with Gasteiger partial charge in [-0.15, -0.1) is 21.5 Å². The van der Waals surface area contributed by atoms with E-state index in [2.05, 4.69) is 15.5 Å². The van der Waals surface area contributed by atoms with Gasteiger partial charge in [-0.3, -0.25) is 9.36 Å². The number of nitrogen functional groups attached to an aromatic ring is 1. The van der Waals surface area contributed by atoms with Crippen LogP contribution in [-0.2, 0) is 15.3 Å². The van der Waals surface area contributed by atoms with Crippen LogP contribution in [0.3, 0.4) is 0 Å². The third-order valence-corrected chi connectivity index (χ3v) is 6.82. The summed E-state index contributed by atoms with van der Waals surface area (Å²) < 4.78 is 6.46. The summed E-state index contributed by atoms with van der Waals surface area (Å²) >= 11 is 2.78. The van der Waals surface area contributed by atoms with Gasteiger partial charge in [-0.25, -0.2) is 4.79 Å². The standard InChI is InChI=1S/C20H23N5O3S2/c1-11-13(3)30-17(15(11)18(27)28-4)22-16(26)12(2)25-19(21)23-24-20(25)29-10-14-8-6-5-7-9-14/h5-9,12H,10H2,1-4H3,(H2,21,23)(H,22,26). The van der Waals surface area contributed by atoms with E-state index < -0.39 is 12.0 Å². The number of thiophene rings is 1. The van der Waals surface area contributed by atoms with E-state index in [4.69, 9.17) is 10.5 Å². The van der Waals surface area contributed by atoms with Crippen molar-refractivity contribution in [2.24, 2.45) is 0 Å². The molecule has 0 spiro atoms. The first-order valence-corrected chi connectivity index (χ1v) is 11.0. The number of nitrogens with zero attached hydrogens (tertiary/aromatic N) is 3. The molecule has 30 heavy (non-hydrogen) atoms. The summed E-state index contributed by atoms with van der Waals surface area (Å²) in [6, 6.07) is 9.25. The van der Waals surface area contributed by atoms with Crippen LogP contribution < -0.4 is 11.1 Å². The highest BCUT2D eigenvalue weighted by atomic mass is 32.2. The highest BCUT2D eigenvalue weighted by Crippen LogP contribution is 2.34. The maximum Gasteiger partial charge on any atom is 0.341 e. The Morgan fingerprint density at radius 3 is 2.63 bits per heavy atom. The first kappa shape index (κ1) is 21.8. The molecule has 10 heteroatoms. The summed E-state index contributed by atoms with van der Waals surface area (Å²) in [7, 11) is 1.32. The molecule has 1 atom stereocenters. The van der Waals surface area contributed by atoms with Gasteiger partial charge in [-0.05, 0) is 31.9 Å². The van der Waals surface area contributed by atoms with E-state index in [1.165, 1.54) is 30.2 Å². The predicted molar refractivity (Wildman–Crippen MR) is 119 cm³/mol. The number of benzene rings is 1. The Hall–Kier alpha value is -2.85. The Balaban J connectivity index is 1.80. The van der Waals surface area contributed by atoms with Gasteiger partial charge in [0, 0.05) is 10.6 Å². The maximum atomic E-state index is 13.0. The number of hydrogen-bond donors (Lipinski definition) is 2. The van der Waals surface area contributed by atoms with Gasteiger partial charge in [0.25, 0.3) is 0 Å². The molecule has 2 heterocycles. The van der Waals surface area contributed by atoms with Crippen LogP contribution in [0.25, 0.3) is 0 Å². The molecule has 0 aliphatic carbocycles. The van der Waals surface area contributed by atoms with Gasteiger partial charge in [0.05, 0.1) is 12.7 Å². The minimum atomic E-state index is -0.675. The molecule has 3 N–H and O–H groups in total. The summed E-state index contributed by atoms with van der Waals surface area (Å²) in [5, 5.41) is 11.9. The molecule has 0 bridgehead atoms. The van der Waals surface area contributed by atoms with Gasteiger partial charge in [0.2, 0.25) is 11.9 Å². The number of aryl methyl sites for hydroxylation is 1. The van der Waals surface area contributed by atoms with Crippen molar-refractivity contribution >= 4 is 45.9 Å². The lowest BCUT2D eigenvalue weighted by atomic mass is 10.1. The van der Waals surface area contributed by atoms with Gasteiger partial charge in [-0.1, -0.05) is 42.1 Å². The summed E-state index contributed by atoms with van der Waals surface area (Å²) in [5.74, 6) is 0.0143. The van der Waals surface area contributed by atoms with E-state index >= 15 is 0 Å². The number of nitrogens with one attached hydrogen (secondary N) is 1. The van der Waals surface area contributed by atoms with Crippen LogP contribution in [0.1, 0.15) is 39.3 Å². The van der Waals surface area contributed by atoms with Gasteiger partial charge >= 0.3 is 5.97 Å². The molecule has 3 aromatic rings. The Morgan fingerprint density at radius 2 is 1.97 bits per heavy atom. The Morgan fingerprint density at radius 1 is 1.27 bits per heavy atom. The van der Waals surface area contributed by atoms with Crippen LogP contribution in [-0.4, -0.2) is 33.8 Å². The lowest BCUT2D eigenvalue weighted by Gasteiger charge is -2.16. The van der Waals surface area contributed by atoms with E-state index in [0.717, 1.165) is 16.0 Å². The molecule has 1 amide bonds. The third-order valence-electron chi connectivity index (χ3n) is 4.68. The number of methoxy groups -OCH3 is 1. The summed E-state index contributed by atoms with van der Waals surface area (Å²) in [6.07, 6.45) is 0. The minimum absolute atomic E-state index is 0.153. The number of anilines is 2. The van der Waals surface area contributed by atoms with Crippen molar-refractivity contribution < 1.29 is 14.3 Å². The van der Waals surface area contributed by atoms with Gasteiger partial charge in [0.15, 0.2) is 5.16 Å². The molecule has 2 aromatic heterocycles. The molecule has 0 fully saturated rings. The van der Waals surface area contributed by atoms with Crippen molar-refractivity contribution in [1.29, 1.82) is 0 Å². The summed E-state index contributed by atoms with van der Waals surface area (Å²) in [5.41, 5.74) is 8.28.